The van der Waals surface area contributed by atoms with Gasteiger partial charge in [-0.15, -0.1) is 0 Å². The zero-order valence-electron chi connectivity index (χ0n) is 11.8. The molecule has 0 spiro atoms. The molecule has 4 nitrogen and oxygen atoms in total. The summed E-state index contributed by atoms with van der Waals surface area (Å²) in [5, 5.41) is 17.2. The van der Waals surface area contributed by atoms with E-state index in [1.165, 1.54) is 6.42 Å². The maximum atomic E-state index is 10.5. The maximum Gasteiger partial charge on any atom is 0.331 e. The molecule has 4 aliphatic carbocycles. The van der Waals surface area contributed by atoms with Gasteiger partial charge in [0, 0.05) is 17.9 Å². The molecule has 2 N–H and O–H groups in total. The van der Waals surface area contributed by atoms with Crippen LogP contribution >= 0.6 is 0 Å². The minimum absolute atomic E-state index is 0.211. The summed E-state index contributed by atoms with van der Waals surface area (Å²) < 4.78 is 0. The summed E-state index contributed by atoms with van der Waals surface area (Å²) in [6.07, 6.45) is 14.0. The molecule has 1 saturated carbocycles. The summed E-state index contributed by atoms with van der Waals surface area (Å²) in [7, 11) is 0. The van der Waals surface area contributed by atoms with Crippen molar-refractivity contribution in [2.24, 2.45) is 29.6 Å². The van der Waals surface area contributed by atoms with Crippen LogP contribution in [0.2, 0.25) is 0 Å². The number of rotatable bonds is 3. The van der Waals surface area contributed by atoms with Crippen LogP contribution in [0, 0.1) is 29.6 Å². The number of hydrogen-bond acceptors (Lipinski definition) is 2. The Balaban J connectivity index is 0.000000126. The minimum Gasteiger partial charge on any atom is -0.481 e. The van der Waals surface area contributed by atoms with E-state index in [1.807, 2.05) is 12.2 Å². The summed E-state index contributed by atoms with van der Waals surface area (Å²) in [6.45, 7) is 0. The van der Waals surface area contributed by atoms with Gasteiger partial charge in [0.2, 0.25) is 0 Å². The Hall–Kier alpha value is -1.84. The number of carboxylic acid groups (broad SMARTS) is 2. The number of hydrogen-bond donors (Lipinski definition) is 2. The first-order chi connectivity index (χ1) is 10.0. The molecular formula is C17H20O4. The van der Waals surface area contributed by atoms with Crippen molar-refractivity contribution in [3.63, 3.8) is 0 Å². The van der Waals surface area contributed by atoms with Crippen LogP contribution in [-0.2, 0) is 9.59 Å². The van der Waals surface area contributed by atoms with Gasteiger partial charge in [-0.05, 0) is 42.9 Å². The summed E-state index contributed by atoms with van der Waals surface area (Å²) in [4.78, 5) is 20.9. The summed E-state index contributed by atoms with van der Waals surface area (Å²) in [6, 6.07) is 0. The quantitative estimate of drug-likeness (QED) is 0.783. The molecule has 5 atom stereocenters. The summed E-state index contributed by atoms with van der Waals surface area (Å²) in [5.74, 6) is 0.939. The van der Waals surface area contributed by atoms with Crippen LogP contribution in [0.25, 0.3) is 0 Å². The predicted octanol–water partition coefficient (Wildman–Crippen LogP) is 2.88. The zero-order valence-corrected chi connectivity index (χ0v) is 11.8. The van der Waals surface area contributed by atoms with Crippen LogP contribution in [0.15, 0.2) is 36.0 Å². The van der Waals surface area contributed by atoms with E-state index in [-0.39, 0.29) is 5.92 Å². The zero-order chi connectivity index (χ0) is 15.0. The highest BCUT2D eigenvalue weighted by Gasteiger charge is 2.36. The van der Waals surface area contributed by atoms with Crippen LogP contribution in [0.4, 0.5) is 0 Å². The molecule has 0 aliphatic heterocycles. The lowest BCUT2D eigenvalue weighted by Crippen LogP contribution is -2.11. The van der Waals surface area contributed by atoms with Crippen LogP contribution in [0.3, 0.4) is 0 Å². The number of carboxylic acids is 2. The van der Waals surface area contributed by atoms with E-state index in [0.29, 0.717) is 35.7 Å². The third-order valence-corrected chi connectivity index (χ3v) is 5.01. The molecule has 0 radical (unpaired) electrons. The van der Waals surface area contributed by atoms with Gasteiger partial charge in [0.1, 0.15) is 0 Å². The fourth-order valence-electron chi connectivity index (χ4n) is 4.02. The Morgan fingerprint density at radius 3 is 2.24 bits per heavy atom. The SMILES string of the molecule is O=C(O)C1=CC2C=CC1C2.O=C(O)CC1CC2C=CC1C2. The van der Waals surface area contributed by atoms with Crippen molar-refractivity contribution in [3.8, 4) is 0 Å². The molecule has 21 heavy (non-hydrogen) atoms. The maximum absolute atomic E-state index is 10.5. The van der Waals surface area contributed by atoms with E-state index < -0.39 is 11.9 Å². The Morgan fingerprint density at radius 2 is 1.86 bits per heavy atom. The van der Waals surface area contributed by atoms with Gasteiger partial charge >= 0.3 is 11.9 Å². The van der Waals surface area contributed by atoms with Crippen molar-refractivity contribution in [3.05, 3.63) is 36.0 Å². The third kappa shape index (κ3) is 2.94. The monoisotopic (exact) mass is 288 g/mol. The molecular weight excluding hydrogens is 268 g/mol. The Morgan fingerprint density at radius 1 is 1.05 bits per heavy atom. The fourth-order valence-corrected chi connectivity index (χ4v) is 4.02. The molecule has 5 unspecified atom stereocenters. The van der Waals surface area contributed by atoms with Crippen molar-refractivity contribution < 1.29 is 19.8 Å². The second kappa shape index (κ2) is 5.51. The molecule has 4 rings (SSSR count). The number of carbonyl (C=O) groups is 2. The highest BCUT2D eigenvalue weighted by atomic mass is 16.4. The number of aliphatic carboxylic acids is 2. The molecule has 0 saturated heterocycles. The Kier molecular flexibility index (Phi) is 3.70. The van der Waals surface area contributed by atoms with Gasteiger partial charge in [0.25, 0.3) is 0 Å². The number of allylic oxidation sites excluding steroid dienone is 5. The van der Waals surface area contributed by atoms with Crippen molar-refractivity contribution in [2.45, 2.75) is 25.7 Å². The first-order valence-corrected chi connectivity index (χ1v) is 7.56. The average Bonchev–Trinajstić information content (AvgIpc) is 3.19. The molecule has 4 aliphatic rings. The molecule has 0 aromatic rings. The van der Waals surface area contributed by atoms with Gasteiger partial charge in [-0.2, -0.15) is 0 Å². The first-order valence-electron chi connectivity index (χ1n) is 7.56. The topological polar surface area (TPSA) is 74.6 Å². The molecule has 1 fully saturated rings. The Bertz CT molecular complexity index is 543. The minimum atomic E-state index is -0.753. The standard InChI is InChI=1S/C9H12O2.C8H8O2/c10-9(11)5-8-4-6-1-2-7(8)3-6;9-8(10)7-4-5-1-2-6(7)3-5/h1-2,6-8H,3-5H2,(H,10,11);1-2,4-6H,3H2,(H,9,10). The van der Waals surface area contributed by atoms with Crippen LogP contribution in [-0.4, -0.2) is 22.2 Å². The molecule has 4 bridgehead atoms. The van der Waals surface area contributed by atoms with E-state index in [9.17, 15) is 9.59 Å². The van der Waals surface area contributed by atoms with Crippen molar-refractivity contribution in [1.82, 2.24) is 0 Å². The Labute approximate surface area is 123 Å². The van der Waals surface area contributed by atoms with Crippen LogP contribution in [0.1, 0.15) is 25.7 Å². The second-order valence-corrected chi connectivity index (χ2v) is 6.46. The molecule has 0 heterocycles. The molecule has 0 aromatic carbocycles. The average molecular weight is 288 g/mol. The number of fused-ring (bicyclic) bond motifs is 4. The van der Waals surface area contributed by atoms with Crippen LogP contribution < -0.4 is 0 Å². The van der Waals surface area contributed by atoms with Gasteiger partial charge in [-0.1, -0.05) is 30.4 Å². The normalized spacial score (nSPS) is 37.3. The highest BCUT2D eigenvalue weighted by Crippen LogP contribution is 2.44. The van der Waals surface area contributed by atoms with Crippen molar-refractivity contribution in [1.29, 1.82) is 0 Å². The smallest absolute Gasteiger partial charge is 0.331 e. The van der Waals surface area contributed by atoms with E-state index >= 15 is 0 Å². The van der Waals surface area contributed by atoms with Gasteiger partial charge < -0.3 is 10.2 Å². The molecule has 4 heteroatoms. The highest BCUT2D eigenvalue weighted by molar-refractivity contribution is 5.88. The first kappa shape index (κ1) is 14.1. The fraction of sp³-hybridized carbons (Fsp3) is 0.529. The summed E-state index contributed by atoms with van der Waals surface area (Å²) in [5.41, 5.74) is 0.590. The van der Waals surface area contributed by atoms with E-state index in [1.54, 1.807) is 0 Å². The van der Waals surface area contributed by atoms with Gasteiger partial charge in [0.15, 0.2) is 0 Å². The van der Waals surface area contributed by atoms with Crippen molar-refractivity contribution >= 4 is 11.9 Å². The lowest BCUT2D eigenvalue weighted by Gasteiger charge is -2.14. The molecule has 0 amide bonds. The molecule has 0 aromatic heterocycles. The lowest BCUT2D eigenvalue weighted by atomic mass is 9.91. The van der Waals surface area contributed by atoms with Gasteiger partial charge in [-0.3, -0.25) is 4.79 Å². The van der Waals surface area contributed by atoms with E-state index in [2.05, 4.69) is 18.2 Å². The van der Waals surface area contributed by atoms with Crippen molar-refractivity contribution in [2.75, 3.05) is 0 Å². The van der Waals surface area contributed by atoms with Gasteiger partial charge in [-0.25, -0.2) is 4.79 Å². The van der Waals surface area contributed by atoms with E-state index in [0.717, 1.165) is 12.8 Å². The lowest BCUT2D eigenvalue weighted by molar-refractivity contribution is -0.138. The summed E-state index contributed by atoms with van der Waals surface area (Å²) >= 11 is 0. The largest absolute Gasteiger partial charge is 0.481 e. The molecule has 112 valence electrons. The second-order valence-electron chi connectivity index (χ2n) is 6.46. The van der Waals surface area contributed by atoms with E-state index in [4.69, 9.17) is 10.2 Å². The van der Waals surface area contributed by atoms with Crippen LogP contribution in [0.5, 0.6) is 0 Å². The predicted molar refractivity (Wildman–Crippen MR) is 77.6 cm³/mol. The van der Waals surface area contributed by atoms with Gasteiger partial charge in [0.05, 0.1) is 0 Å². The third-order valence-electron chi connectivity index (χ3n) is 5.01.